The summed E-state index contributed by atoms with van der Waals surface area (Å²) in [5, 5.41) is 6.70. The summed E-state index contributed by atoms with van der Waals surface area (Å²) in [7, 11) is 0. The minimum absolute atomic E-state index is 0.663. The smallest absolute Gasteiger partial charge is 0.0340 e. The number of benzene rings is 1. The molecule has 0 radical (unpaired) electrons. The van der Waals surface area contributed by atoms with Gasteiger partial charge in [-0.2, -0.15) is 0 Å². The molecule has 16 heavy (non-hydrogen) atoms. The number of hydrogen-bond donors (Lipinski definition) is 2. The quantitative estimate of drug-likeness (QED) is 0.689. The van der Waals surface area contributed by atoms with Crippen molar-refractivity contribution in [3.8, 4) is 0 Å². The molecule has 1 aromatic carbocycles. The van der Waals surface area contributed by atoms with Crippen LogP contribution in [-0.4, -0.2) is 19.6 Å². The van der Waals surface area contributed by atoms with Crippen molar-refractivity contribution >= 4 is 5.69 Å². The van der Waals surface area contributed by atoms with Crippen LogP contribution in [0.5, 0.6) is 0 Å². The summed E-state index contributed by atoms with van der Waals surface area (Å²) >= 11 is 0. The molecule has 0 saturated carbocycles. The molecular weight excluding hydrogens is 196 g/mol. The number of anilines is 1. The number of rotatable bonds is 7. The Balaban J connectivity index is 2.39. The predicted molar refractivity (Wildman–Crippen MR) is 72.2 cm³/mol. The van der Waals surface area contributed by atoms with E-state index in [9.17, 15) is 0 Å². The van der Waals surface area contributed by atoms with E-state index in [0.717, 1.165) is 19.6 Å². The molecule has 0 aromatic heterocycles. The molecule has 0 spiro atoms. The molecular formula is C14H24N2. The lowest BCUT2D eigenvalue weighted by Gasteiger charge is -2.11. The van der Waals surface area contributed by atoms with Crippen LogP contribution >= 0.6 is 0 Å². The van der Waals surface area contributed by atoms with E-state index in [1.165, 1.54) is 17.7 Å². The molecule has 0 bridgehead atoms. The molecule has 0 aliphatic carbocycles. The molecule has 0 aliphatic heterocycles. The maximum Gasteiger partial charge on any atom is 0.0340 e. The summed E-state index contributed by atoms with van der Waals surface area (Å²) in [6.45, 7) is 9.66. The van der Waals surface area contributed by atoms with Gasteiger partial charge in [0.15, 0.2) is 0 Å². The van der Waals surface area contributed by atoms with Crippen LogP contribution in [0, 0.1) is 0 Å². The van der Waals surface area contributed by atoms with Crippen molar-refractivity contribution in [2.45, 2.75) is 33.1 Å². The van der Waals surface area contributed by atoms with E-state index >= 15 is 0 Å². The molecule has 90 valence electrons. The molecule has 1 aromatic rings. The third kappa shape index (κ3) is 4.23. The summed E-state index contributed by atoms with van der Waals surface area (Å²) in [6, 6.07) is 8.80. The molecule has 0 aliphatic rings. The fourth-order valence-corrected chi connectivity index (χ4v) is 1.64. The zero-order valence-electron chi connectivity index (χ0n) is 10.7. The van der Waals surface area contributed by atoms with E-state index in [1.54, 1.807) is 0 Å². The Hall–Kier alpha value is -1.02. The third-order valence-electron chi connectivity index (χ3n) is 2.97. The van der Waals surface area contributed by atoms with Gasteiger partial charge in [0, 0.05) is 18.8 Å². The molecule has 1 atom stereocenters. The first-order chi connectivity index (χ1) is 7.77. The van der Waals surface area contributed by atoms with Crippen LogP contribution in [0.25, 0.3) is 0 Å². The van der Waals surface area contributed by atoms with Crippen molar-refractivity contribution in [3.63, 3.8) is 0 Å². The molecule has 0 saturated heterocycles. The monoisotopic (exact) mass is 220 g/mol. The lowest BCUT2D eigenvalue weighted by molar-refractivity contribution is 0.732. The minimum Gasteiger partial charge on any atom is -0.384 e. The highest BCUT2D eigenvalue weighted by Gasteiger charge is 2.01. The number of likely N-dealkylation sites (N-methyl/N-ethyl adjacent to an activating group) is 1. The van der Waals surface area contributed by atoms with E-state index in [1.807, 2.05) is 0 Å². The second-order valence-electron chi connectivity index (χ2n) is 4.21. The van der Waals surface area contributed by atoms with Crippen LogP contribution in [0.15, 0.2) is 24.3 Å². The maximum atomic E-state index is 3.40. The van der Waals surface area contributed by atoms with Gasteiger partial charge in [-0.3, -0.25) is 0 Å². The highest BCUT2D eigenvalue weighted by atomic mass is 14.9. The van der Waals surface area contributed by atoms with Crippen molar-refractivity contribution in [2.75, 3.05) is 25.0 Å². The Morgan fingerprint density at radius 3 is 2.31 bits per heavy atom. The molecule has 1 unspecified atom stereocenters. The Labute approximate surface area is 99.5 Å². The zero-order chi connectivity index (χ0) is 11.8. The molecule has 0 heterocycles. The van der Waals surface area contributed by atoms with E-state index in [-0.39, 0.29) is 0 Å². The van der Waals surface area contributed by atoms with Gasteiger partial charge >= 0.3 is 0 Å². The fraction of sp³-hybridized carbons (Fsp3) is 0.571. The molecule has 2 nitrogen and oxygen atoms in total. The summed E-state index contributed by atoms with van der Waals surface area (Å²) in [5.74, 6) is 0.663. The van der Waals surface area contributed by atoms with Gasteiger partial charge in [0.2, 0.25) is 0 Å². The standard InChI is InChI=1S/C14H24N2/c1-4-12(3)13-6-8-14(9-7-13)16-11-10-15-5-2/h6-9,12,15-16H,4-5,10-11H2,1-3H3. The third-order valence-corrected chi connectivity index (χ3v) is 2.97. The van der Waals surface area contributed by atoms with Crippen LogP contribution in [0.1, 0.15) is 38.7 Å². The predicted octanol–water partition coefficient (Wildman–Crippen LogP) is 3.22. The molecule has 0 fully saturated rings. The molecule has 2 N–H and O–H groups in total. The van der Waals surface area contributed by atoms with Crippen LogP contribution < -0.4 is 10.6 Å². The van der Waals surface area contributed by atoms with Gasteiger partial charge in [-0.15, -0.1) is 0 Å². The molecule has 1 rings (SSSR count). The summed E-state index contributed by atoms with van der Waals surface area (Å²) < 4.78 is 0. The summed E-state index contributed by atoms with van der Waals surface area (Å²) in [6.07, 6.45) is 1.20. The Kier molecular flexibility index (Phi) is 5.94. The molecule has 2 heteroatoms. The van der Waals surface area contributed by atoms with Gasteiger partial charge in [0.05, 0.1) is 0 Å². The first-order valence-electron chi connectivity index (χ1n) is 6.32. The zero-order valence-corrected chi connectivity index (χ0v) is 10.7. The highest BCUT2D eigenvalue weighted by molar-refractivity contribution is 5.45. The van der Waals surface area contributed by atoms with Gasteiger partial charge < -0.3 is 10.6 Å². The average Bonchev–Trinajstić information content (AvgIpc) is 2.34. The van der Waals surface area contributed by atoms with Crippen molar-refractivity contribution in [3.05, 3.63) is 29.8 Å². The largest absolute Gasteiger partial charge is 0.384 e. The van der Waals surface area contributed by atoms with Crippen molar-refractivity contribution < 1.29 is 0 Å². The van der Waals surface area contributed by atoms with Crippen LogP contribution in [0.2, 0.25) is 0 Å². The van der Waals surface area contributed by atoms with E-state index in [4.69, 9.17) is 0 Å². The van der Waals surface area contributed by atoms with Gasteiger partial charge in [-0.05, 0) is 36.6 Å². The van der Waals surface area contributed by atoms with Crippen molar-refractivity contribution in [1.82, 2.24) is 5.32 Å². The van der Waals surface area contributed by atoms with E-state index < -0.39 is 0 Å². The Morgan fingerprint density at radius 2 is 1.75 bits per heavy atom. The van der Waals surface area contributed by atoms with Crippen LogP contribution in [-0.2, 0) is 0 Å². The van der Waals surface area contributed by atoms with E-state index in [0.29, 0.717) is 5.92 Å². The first-order valence-corrected chi connectivity index (χ1v) is 6.32. The fourth-order valence-electron chi connectivity index (χ4n) is 1.64. The Morgan fingerprint density at radius 1 is 1.06 bits per heavy atom. The normalized spacial score (nSPS) is 12.4. The second-order valence-corrected chi connectivity index (χ2v) is 4.21. The maximum absolute atomic E-state index is 3.40. The van der Waals surface area contributed by atoms with Crippen molar-refractivity contribution in [1.29, 1.82) is 0 Å². The van der Waals surface area contributed by atoms with Crippen LogP contribution in [0.4, 0.5) is 5.69 Å². The summed E-state index contributed by atoms with van der Waals surface area (Å²) in [5.41, 5.74) is 2.64. The van der Waals surface area contributed by atoms with Gasteiger partial charge in [0.25, 0.3) is 0 Å². The van der Waals surface area contributed by atoms with Gasteiger partial charge in [0.1, 0.15) is 0 Å². The van der Waals surface area contributed by atoms with Gasteiger partial charge in [-0.1, -0.05) is 32.9 Å². The van der Waals surface area contributed by atoms with Crippen molar-refractivity contribution in [2.24, 2.45) is 0 Å². The van der Waals surface area contributed by atoms with E-state index in [2.05, 4.69) is 55.7 Å². The minimum atomic E-state index is 0.663. The topological polar surface area (TPSA) is 24.1 Å². The second kappa shape index (κ2) is 7.29. The first kappa shape index (κ1) is 13.0. The Bertz CT molecular complexity index is 279. The molecule has 0 amide bonds. The van der Waals surface area contributed by atoms with Crippen LogP contribution in [0.3, 0.4) is 0 Å². The highest BCUT2D eigenvalue weighted by Crippen LogP contribution is 2.20. The lowest BCUT2D eigenvalue weighted by Crippen LogP contribution is -2.21. The number of hydrogen-bond acceptors (Lipinski definition) is 2. The summed E-state index contributed by atoms with van der Waals surface area (Å²) in [4.78, 5) is 0. The SMILES string of the molecule is CCNCCNc1ccc(C(C)CC)cc1. The lowest BCUT2D eigenvalue weighted by atomic mass is 9.99. The van der Waals surface area contributed by atoms with Gasteiger partial charge in [-0.25, -0.2) is 0 Å². The average molecular weight is 220 g/mol. The number of nitrogens with one attached hydrogen (secondary N) is 2.